The van der Waals surface area contributed by atoms with E-state index in [1.165, 1.54) is 0 Å². The Morgan fingerprint density at radius 1 is 0.742 bits per heavy atom. The van der Waals surface area contributed by atoms with Gasteiger partial charge in [0.15, 0.2) is 12.7 Å². The molecule has 5 heteroatoms. The van der Waals surface area contributed by atoms with E-state index in [1.807, 2.05) is 45.0 Å². The van der Waals surface area contributed by atoms with Crippen molar-refractivity contribution in [3.63, 3.8) is 0 Å². The highest BCUT2D eigenvalue weighted by Crippen LogP contribution is 2.24. The Labute approximate surface area is 182 Å². The maximum absolute atomic E-state index is 13.1. The fourth-order valence-electron chi connectivity index (χ4n) is 2.99. The van der Waals surface area contributed by atoms with E-state index in [-0.39, 0.29) is 12.4 Å². The summed E-state index contributed by atoms with van der Waals surface area (Å²) in [5, 5.41) is 0. The highest BCUT2D eigenvalue weighted by Gasteiger charge is 2.26. The number of rotatable bonds is 9. The van der Waals surface area contributed by atoms with E-state index in [0.29, 0.717) is 23.5 Å². The molecule has 3 aromatic rings. The van der Waals surface area contributed by atoms with Crippen LogP contribution in [0.2, 0.25) is 0 Å². The molecule has 0 aliphatic rings. The summed E-state index contributed by atoms with van der Waals surface area (Å²) < 4.78 is 16.5. The molecule has 0 saturated heterocycles. The Morgan fingerprint density at radius 2 is 1.26 bits per heavy atom. The van der Waals surface area contributed by atoms with Crippen molar-refractivity contribution in [2.45, 2.75) is 26.9 Å². The first kappa shape index (κ1) is 22.1. The topological polar surface area (TPSA) is 61.8 Å². The van der Waals surface area contributed by atoms with E-state index >= 15 is 0 Å². The van der Waals surface area contributed by atoms with Crippen LogP contribution in [0.25, 0.3) is 0 Å². The number of carbonyl (C=O) groups is 2. The number of hydrogen-bond donors (Lipinski definition) is 0. The van der Waals surface area contributed by atoms with Crippen molar-refractivity contribution in [1.29, 1.82) is 0 Å². The van der Waals surface area contributed by atoms with Gasteiger partial charge >= 0.3 is 5.97 Å². The third kappa shape index (κ3) is 6.19. The van der Waals surface area contributed by atoms with Crippen LogP contribution in [0.5, 0.6) is 11.5 Å². The van der Waals surface area contributed by atoms with Crippen LogP contribution in [0.3, 0.4) is 0 Å². The Kier molecular flexibility index (Phi) is 7.44. The van der Waals surface area contributed by atoms with Gasteiger partial charge in [-0.2, -0.15) is 0 Å². The summed E-state index contributed by atoms with van der Waals surface area (Å²) >= 11 is 0. The Bertz CT molecular complexity index is 1010. The fourth-order valence-corrected chi connectivity index (χ4v) is 2.99. The minimum atomic E-state index is -1.04. The molecule has 0 radical (unpaired) electrons. The normalized spacial score (nSPS) is 11.5. The number of carbonyl (C=O) groups excluding carboxylic acids is 2. The van der Waals surface area contributed by atoms with Crippen molar-refractivity contribution in [2.24, 2.45) is 0 Å². The fraction of sp³-hybridized carbons (Fsp3) is 0.231. The summed E-state index contributed by atoms with van der Waals surface area (Å²) in [6.07, 6.45) is -1.04. The number of esters is 1. The molecule has 3 aromatic carbocycles. The number of hydrogen-bond acceptors (Lipinski definition) is 5. The molecule has 31 heavy (non-hydrogen) atoms. The van der Waals surface area contributed by atoms with E-state index in [1.54, 1.807) is 48.5 Å². The highest BCUT2D eigenvalue weighted by molar-refractivity contribution is 6.01. The molecule has 0 bridgehead atoms. The summed E-state index contributed by atoms with van der Waals surface area (Å²) in [6.45, 7) is 6.07. The van der Waals surface area contributed by atoms with Gasteiger partial charge in [-0.1, -0.05) is 59.7 Å². The average Bonchev–Trinajstić information content (AvgIpc) is 2.78. The quantitative estimate of drug-likeness (QED) is 0.351. The Balaban J connectivity index is 1.71. The zero-order valence-corrected chi connectivity index (χ0v) is 18.0. The largest absolute Gasteiger partial charge is 0.494 e. The molecule has 5 nitrogen and oxygen atoms in total. The summed E-state index contributed by atoms with van der Waals surface area (Å²) in [5.74, 6) is 0.330. The lowest BCUT2D eigenvalue weighted by atomic mass is 9.98. The first-order chi connectivity index (χ1) is 15.0. The minimum Gasteiger partial charge on any atom is -0.494 e. The smallest absolute Gasteiger partial charge is 0.345 e. The van der Waals surface area contributed by atoms with Gasteiger partial charge in [0.1, 0.15) is 11.5 Å². The molecule has 160 valence electrons. The SMILES string of the molecule is CCOc1ccc(OCC(=O)O[C@H](C(=O)c2ccc(C)cc2)c2ccc(C)cc2)cc1. The van der Waals surface area contributed by atoms with Crippen LogP contribution in [0.4, 0.5) is 0 Å². The van der Waals surface area contributed by atoms with Gasteiger partial charge in [0, 0.05) is 11.1 Å². The predicted octanol–water partition coefficient (Wildman–Crippen LogP) is 5.25. The van der Waals surface area contributed by atoms with Crippen LogP contribution < -0.4 is 9.47 Å². The summed E-state index contributed by atoms with van der Waals surface area (Å²) in [5.41, 5.74) is 3.20. The van der Waals surface area contributed by atoms with E-state index in [9.17, 15) is 9.59 Å². The first-order valence-corrected chi connectivity index (χ1v) is 10.2. The maximum atomic E-state index is 13.1. The van der Waals surface area contributed by atoms with Gasteiger partial charge in [0.05, 0.1) is 6.61 Å². The average molecular weight is 418 g/mol. The van der Waals surface area contributed by atoms with E-state index in [4.69, 9.17) is 14.2 Å². The van der Waals surface area contributed by atoms with Gasteiger partial charge in [0.2, 0.25) is 5.78 Å². The molecule has 0 aliphatic carbocycles. The van der Waals surface area contributed by atoms with Crippen molar-refractivity contribution in [3.05, 3.63) is 95.1 Å². The summed E-state index contributed by atoms with van der Waals surface area (Å²) in [4.78, 5) is 25.6. The van der Waals surface area contributed by atoms with Crippen molar-refractivity contribution in [1.82, 2.24) is 0 Å². The molecule has 0 amide bonds. The zero-order chi connectivity index (χ0) is 22.2. The third-order valence-corrected chi connectivity index (χ3v) is 4.70. The van der Waals surface area contributed by atoms with Crippen LogP contribution >= 0.6 is 0 Å². The lowest BCUT2D eigenvalue weighted by Gasteiger charge is -2.18. The molecule has 0 N–H and O–H groups in total. The maximum Gasteiger partial charge on any atom is 0.345 e. The molecule has 0 heterocycles. The molecule has 0 aliphatic heterocycles. The second-order valence-corrected chi connectivity index (χ2v) is 7.20. The van der Waals surface area contributed by atoms with Crippen molar-refractivity contribution < 1.29 is 23.8 Å². The number of aryl methyl sites for hydroxylation is 2. The van der Waals surface area contributed by atoms with Gasteiger partial charge in [-0.05, 0) is 45.0 Å². The lowest BCUT2D eigenvalue weighted by Crippen LogP contribution is -2.23. The van der Waals surface area contributed by atoms with Gasteiger partial charge in [-0.25, -0.2) is 4.79 Å². The predicted molar refractivity (Wildman–Crippen MR) is 119 cm³/mol. The van der Waals surface area contributed by atoms with Crippen molar-refractivity contribution in [2.75, 3.05) is 13.2 Å². The van der Waals surface area contributed by atoms with E-state index in [0.717, 1.165) is 16.9 Å². The first-order valence-electron chi connectivity index (χ1n) is 10.2. The molecule has 0 saturated carbocycles. The summed E-state index contributed by atoms with van der Waals surface area (Å²) in [6, 6.07) is 21.5. The van der Waals surface area contributed by atoms with Crippen LogP contribution in [0.15, 0.2) is 72.8 Å². The summed E-state index contributed by atoms with van der Waals surface area (Å²) in [7, 11) is 0. The molecule has 1 atom stereocenters. The molecule has 0 aromatic heterocycles. The Morgan fingerprint density at radius 3 is 1.81 bits per heavy atom. The van der Waals surface area contributed by atoms with E-state index < -0.39 is 12.1 Å². The molecule has 0 spiro atoms. The molecule has 0 fully saturated rings. The number of benzene rings is 3. The van der Waals surface area contributed by atoms with Gasteiger partial charge < -0.3 is 14.2 Å². The Hall–Kier alpha value is -3.60. The van der Waals surface area contributed by atoms with E-state index in [2.05, 4.69) is 0 Å². The van der Waals surface area contributed by atoms with Crippen LogP contribution in [-0.2, 0) is 9.53 Å². The van der Waals surface area contributed by atoms with Crippen LogP contribution in [0, 0.1) is 13.8 Å². The third-order valence-electron chi connectivity index (χ3n) is 4.70. The minimum absolute atomic E-state index is 0.279. The molecular formula is C26H26O5. The van der Waals surface area contributed by atoms with Crippen molar-refractivity contribution >= 4 is 11.8 Å². The van der Waals surface area contributed by atoms with Gasteiger partial charge in [-0.15, -0.1) is 0 Å². The standard InChI is InChI=1S/C26H26O5/c1-4-29-22-13-15-23(16-14-22)30-17-24(27)31-26(21-11-7-19(3)8-12-21)25(28)20-9-5-18(2)6-10-20/h5-16,26H,4,17H2,1-3H3/t26-/m0/s1. The van der Waals surface area contributed by atoms with Crippen LogP contribution in [-0.4, -0.2) is 25.0 Å². The van der Waals surface area contributed by atoms with Crippen molar-refractivity contribution in [3.8, 4) is 11.5 Å². The van der Waals surface area contributed by atoms with Gasteiger partial charge in [0.25, 0.3) is 0 Å². The zero-order valence-electron chi connectivity index (χ0n) is 18.0. The molecule has 3 rings (SSSR count). The number of ether oxygens (including phenoxy) is 3. The molecular weight excluding hydrogens is 392 g/mol. The highest BCUT2D eigenvalue weighted by atomic mass is 16.6. The number of ketones is 1. The van der Waals surface area contributed by atoms with Gasteiger partial charge in [-0.3, -0.25) is 4.79 Å². The lowest BCUT2D eigenvalue weighted by molar-refractivity contribution is -0.149. The second kappa shape index (κ2) is 10.4. The monoisotopic (exact) mass is 418 g/mol. The molecule has 0 unspecified atom stereocenters. The second-order valence-electron chi connectivity index (χ2n) is 7.20. The van der Waals surface area contributed by atoms with Crippen LogP contribution in [0.1, 0.15) is 40.1 Å². The number of Topliss-reactive ketones (excluding diaryl/α,β-unsaturated/α-hetero) is 1.